The van der Waals surface area contributed by atoms with Crippen molar-refractivity contribution in [1.29, 1.82) is 0 Å². The molecule has 0 aliphatic rings. The molecule has 0 fully saturated rings. The van der Waals surface area contributed by atoms with E-state index in [9.17, 15) is 9.59 Å². The molecule has 0 N–H and O–H groups in total. The molecular formula is C9H17NO2. The van der Waals surface area contributed by atoms with E-state index in [1.807, 2.05) is 13.8 Å². The molecule has 0 radical (unpaired) electrons. The van der Waals surface area contributed by atoms with Gasteiger partial charge in [0.2, 0.25) is 5.78 Å². The lowest BCUT2D eigenvalue weighted by Gasteiger charge is -2.19. The first-order valence-electron chi connectivity index (χ1n) is 4.43. The number of ketones is 1. The molecule has 0 bridgehead atoms. The van der Waals surface area contributed by atoms with Crippen LogP contribution in [0, 0.1) is 0 Å². The molecule has 0 aromatic rings. The minimum Gasteiger partial charge on any atom is -0.336 e. The van der Waals surface area contributed by atoms with Crippen LogP contribution < -0.4 is 0 Å². The van der Waals surface area contributed by atoms with Crippen molar-refractivity contribution in [2.45, 2.75) is 33.6 Å². The SMILES string of the molecule is CCCN(CCC)C(=O)C(C)=O. The van der Waals surface area contributed by atoms with Gasteiger partial charge >= 0.3 is 0 Å². The summed E-state index contributed by atoms with van der Waals surface area (Å²) in [4.78, 5) is 23.6. The molecule has 70 valence electrons. The lowest BCUT2D eigenvalue weighted by atomic mass is 10.3. The molecule has 3 nitrogen and oxygen atoms in total. The first-order valence-corrected chi connectivity index (χ1v) is 4.43. The Morgan fingerprint density at radius 3 is 1.75 bits per heavy atom. The highest BCUT2D eigenvalue weighted by atomic mass is 16.2. The van der Waals surface area contributed by atoms with E-state index in [0.717, 1.165) is 12.8 Å². The van der Waals surface area contributed by atoms with Gasteiger partial charge in [-0.25, -0.2) is 0 Å². The summed E-state index contributed by atoms with van der Waals surface area (Å²) in [5.41, 5.74) is 0. The normalized spacial score (nSPS) is 9.58. The Morgan fingerprint density at radius 1 is 1.08 bits per heavy atom. The summed E-state index contributed by atoms with van der Waals surface area (Å²) >= 11 is 0. The maximum atomic E-state index is 11.2. The molecule has 0 atom stereocenters. The highest BCUT2D eigenvalue weighted by molar-refractivity contribution is 6.35. The van der Waals surface area contributed by atoms with E-state index < -0.39 is 0 Å². The van der Waals surface area contributed by atoms with Crippen LogP contribution in [0.5, 0.6) is 0 Å². The minimum atomic E-state index is -0.364. The maximum absolute atomic E-state index is 11.2. The summed E-state index contributed by atoms with van der Waals surface area (Å²) < 4.78 is 0. The average Bonchev–Trinajstić information content (AvgIpc) is 2.03. The first kappa shape index (κ1) is 11.1. The number of Topliss-reactive ketones (excluding diaryl/α,β-unsaturated/α-hetero) is 1. The van der Waals surface area contributed by atoms with E-state index in [1.165, 1.54) is 6.92 Å². The fraction of sp³-hybridized carbons (Fsp3) is 0.778. The Hall–Kier alpha value is -0.860. The third-order valence-electron chi connectivity index (χ3n) is 1.58. The third-order valence-corrected chi connectivity index (χ3v) is 1.58. The van der Waals surface area contributed by atoms with Gasteiger partial charge in [-0.1, -0.05) is 13.8 Å². The van der Waals surface area contributed by atoms with Crippen molar-refractivity contribution in [3.05, 3.63) is 0 Å². The minimum absolute atomic E-state index is 0.348. The Balaban J connectivity index is 4.08. The number of nitrogens with zero attached hydrogens (tertiary/aromatic N) is 1. The van der Waals surface area contributed by atoms with Gasteiger partial charge in [0.1, 0.15) is 0 Å². The molecule has 0 aliphatic heterocycles. The van der Waals surface area contributed by atoms with Crippen LogP contribution in [0.3, 0.4) is 0 Å². The molecule has 0 spiro atoms. The number of hydrogen-bond donors (Lipinski definition) is 0. The van der Waals surface area contributed by atoms with Crippen LogP contribution in [0.25, 0.3) is 0 Å². The second kappa shape index (κ2) is 5.75. The Bertz CT molecular complexity index is 160. The lowest BCUT2D eigenvalue weighted by Crippen LogP contribution is -2.36. The summed E-state index contributed by atoms with van der Waals surface area (Å²) in [5.74, 6) is -0.712. The highest BCUT2D eigenvalue weighted by Gasteiger charge is 2.15. The molecule has 0 aliphatic carbocycles. The monoisotopic (exact) mass is 171 g/mol. The molecule has 12 heavy (non-hydrogen) atoms. The van der Waals surface area contributed by atoms with Gasteiger partial charge in [0.15, 0.2) is 0 Å². The molecule has 0 saturated carbocycles. The predicted molar refractivity (Wildman–Crippen MR) is 47.8 cm³/mol. The van der Waals surface area contributed by atoms with E-state index in [0.29, 0.717) is 13.1 Å². The second-order valence-electron chi connectivity index (χ2n) is 2.85. The van der Waals surface area contributed by atoms with Gasteiger partial charge in [0, 0.05) is 20.0 Å². The van der Waals surface area contributed by atoms with E-state index in [1.54, 1.807) is 4.90 Å². The van der Waals surface area contributed by atoms with Gasteiger partial charge in [0.05, 0.1) is 0 Å². The van der Waals surface area contributed by atoms with Crippen LogP contribution >= 0.6 is 0 Å². The zero-order valence-electron chi connectivity index (χ0n) is 8.09. The molecule has 0 heterocycles. The Labute approximate surface area is 73.7 Å². The van der Waals surface area contributed by atoms with E-state index in [4.69, 9.17) is 0 Å². The molecular weight excluding hydrogens is 154 g/mol. The molecule has 0 rings (SSSR count). The summed E-state index contributed by atoms with van der Waals surface area (Å²) in [7, 11) is 0. The van der Waals surface area contributed by atoms with Crippen LogP contribution in [0.15, 0.2) is 0 Å². The van der Waals surface area contributed by atoms with Crippen molar-refractivity contribution in [3.8, 4) is 0 Å². The second-order valence-corrected chi connectivity index (χ2v) is 2.85. The zero-order valence-corrected chi connectivity index (χ0v) is 8.09. The van der Waals surface area contributed by atoms with Crippen LogP contribution in [0.2, 0.25) is 0 Å². The smallest absolute Gasteiger partial charge is 0.289 e. The van der Waals surface area contributed by atoms with E-state index >= 15 is 0 Å². The van der Waals surface area contributed by atoms with Gasteiger partial charge in [-0.2, -0.15) is 0 Å². The van der Waals surface area contributed by atoms with Crippen LogP contribution in [-0.4, -0.2) is 29.7 Å². The van der Waals surface area contributed by atoms with E-state index in [-0.39, 0.29) is 11.7 Å². The number of carbonyl (C=O) groups is 2. The fourth-order valence-corrected chi connectivity index (χ4v) is 1.08. The van der Waals surface area contributed by atoms with Crippen molar-refractivity contribution in [2.75, 3.05) is 13.1 Å². The van der Waals surface area contributed by atoms with Crippen molar-refractivity contribution in [2.24, 2.45) is 0 Å². The average molecular weight is 171 g/mol. The zero-order chi connectivity index (χ0) is 9.56. The predicted octanol–water partition coefficient (Wildman–Crippen LogP) is 1.22. The molecule has 0 saturated heterocycles. The largest absolute Gasteiger partial charge is 0.336 e. The van der Waals surface area contributed by atoms with Gasteiger partial charge in [-0.05, 0) is 12.8 Å². The van der Waals surface area contributed by atoms with Crippen LogP contribution in [0.1, 0.15) is 33.6 Å². The number of amides is 1. The van der Waals surface area contributed by atoms with Crippen molar-refractivity contribution < 1.29 is 9.59 Å². The highest BCUT2D eigenvalue weighted by Crippen LogP contribution is 1.95. The van der Waals surface area contributed by atoms with E-state index in [2.05, 4.69) is 0 Å². The quantitative estimate of drug-likeness (QED) is 0.583. The number of carbonyl (C=O) groups excluding carboxylic acids is 2. The Kier molecular flexibility index (Phi) is 5.34. The summed E-state index contributed by atoms with van der Waals surface area (Å²) in [6, 6.07) is 0. The summed E-state index contributed by atoms with van der Waals surface area (Å²) in [6.45, 7) is 6.69. The fourth-order valence-electron chi connectivity index (χ4n) is 1.08. The van der Waals surface area contributed by atoms with Gasteiger partial charge in [-0.3, -0.25) is 9.59 Å². The molecule has 0 aromatic carbocycles. The first-order chi connectivity index (χ1) is 5.63. The van der Waals surface area contributed by atoms with Crippen molar-refractivity contribution in [3.63, 3.8) is 0 Å². The van der Waals surface area contributed by atoms with Gasteiger partial charge < -0.3 is 4.90 Å². The van der Waals surface area contributed by atoms with Crippen molar-refractivity contribution >= 4 is 11.7 Å². The number of hydrogen-bond acceptors (Lipinski definition) is 2. The van der Waals surface area contributed by atoms with Gasteiger partial charge in [0.25, 0.3) is 5.91 Å². The lowest BCUT2D eigenvalue weighted by molar-refractivity contribution is -0.143. The van der Waals surface area contributed by atoms with Crippen molar-refractivity contribution in [1.82, 2.24) is 4.90 Å². The molecule has 0 unspecified atom stereocenters. The maximum Gasteiger partial charge on any atom is 0.289 e. The standard InChI is InChI=1S/C9H17NO2/c1-4-6-10(7-5-2)9(12)8(3)11/h4-7H2,1-3H3. The Morgan fingerprint density at radius 2 is 1.50 bits per heavy atom. The molecule has 0 aromatic heterocycles. The van der Waals surface area contributed by atoms with Crippen LogP contribution in [-0.2, 0) is 9.59 Å². The summed E-state index contributed by atoms with van der Waals surface area (Å²) in [5, 5.41) is 0. The molecule has 1 amide bonds. The molecule has 3 heteroatoms. The van der Waals surface area contributed by atoms with Crippen LogP contribution in [0.4, 0.5) is 0 Å². The third kappa shape index (κ3) is 3.51. The summed E-state index contributed by atoms with van der Waals surface area (Å²) in [6.07, 6.45) is 1.80. The topological polar surface area (TPSA) is 37.4 Å². The number of rotatable bonds is 5. The van der Waals surface area contributed by atoms with Gasteiger partial charge in [-0.15, -0.1) is 0 Å².